The first-order valence-electron chi connectivity index (χ1n) is 1.59. The van der Waals surface area contributed by atoms with E-state index in [1.54, 1.807) is 0 Å². The van der Waals surface area contributed by atoms with Crippen molar-refractivity contribution >= 4 is 10.2 Å². The molecule has 0 N–H and O–H groups in total. The standard InChI is InChI=1S/C2H6N2O2S/c1-4(2)7(3,5)6/h1-2H3. The number of hydrogen-bond donors (Lipinski definition) is 0. The normalized spacial score (nSPS) is 12.6. The molecule has 0 heterocycles. The molecule has 0 unspecified atom stereocenters. The largest absolute Gasteiger partial charge is 0.312 e. The summed E-state index contributed by atoms with van der Waals surface area (Å²) in [4.78, 5) is 0. The van der Waals surface area contributed by atoms with Crippen LogP contribution in [0.4, 0.5) is 0 Å². The fourth-order valence-electron chi connectivity index (χ4n) is 0. The molecule has 0 atom stereocenters. The van der Waals surface area contributed by atoms with Crippen LogP contribution in [-0.4, -0.2) is 26.8 Å². The maximum Gasteiger partial charge on any atom is 0.312 e. The lowest BCUT2D eigenvalue weighted by Crippen LogP contribution is -2.22. The van der Waals surface area contributed by atoms with Gasteiger partial charge in [-0.3, -0.25) is 0 Å². The van der Waals surface area contributed by atoms with E-state index < -0.39 is 10.2 Å². The highest BCUT2D eigenvalue weighted by atomic mass is 32.2. The molecule has 0 aromatic heterocycles. The average Bonchev–Trinajstić information content (AvgIpc) is 1.31. The van der Waals surface area contributed by atoms with Crippen LogP contribution in [0.5, 0.6) is 0 Å². The maximum absolute atomic E-state index is 9.81. The molecule has 0 aliphatic rings. The van der Waals surface area contributed by atoms with Crippen LogP contribution in [0, 0.1) is 0 Å². The Bertz CT molecular complexity index is 136. The summed E-state index contributed by atoms with van der Waals surface area (Å²) in [5, 5.41) is 7.99. The molecule has 0 aromatic carbocycles. The lowest BCUT2D eigenvalue weighted by atomic mass is 11.3. The highest BCUT2D eigenvalue weighted by molar-refractivity contribution is 7.86. The van der Waals surface area contributed by atoms with Crippen LogP contribution in [0.1, 0.15) is 0 Å². The molecule has 5 heteroatoms. The van der Waals surface area contributed by atoms with E-state index in [2.05, 4.69) is 0 Å². The average molecular weight is 122 g/mol. The smallest absolute Gasteiger partial charge is 0.193 e. The molecule has 0 saturated carbocycles. The lowest BCUT2D eigenvalue weighted by Gasteiger charge is -1.99. The first-order chi connectivity index (χ1) is 2.94. The Kier molecular flexibility index (Phi) is 1.74. The molecular weight excluding hydrogens is 116 g/mol. The van der Waals surface area contributed by atoms with Gasteiger partial charge in [0.05, 0.1) is 0 Å². The molecule has 0 fully saturated rings. The van der Waals surface area contributed by atoms with Crippen molar-refractivity contribution in [1.29, 1.82) is 0 Å². The fraction of sp³-hybridized carbons (Fsp3) is 1.00. The Balaban J connectivity index is 4.10. The second kappa shape index (κ2) is 1.77. The summed E-state index contributed by atoms with van der Waals surface area (Å²) in [5.41, 5.74) is 0. The summed E-state index contributed by atoms with van der Waals surface area (Å²) in [6.07, 6.45) is 0. The van der Waals surface area contributed by atoms with Crippen LogP contribution in [0.2, 0.25) is 0 Å². The topological polar surface area (TPSA) is 59.7 Å². The second-order valence-electron chi connectivity index (χ2n) is 1.26. The molecule has 0 aliphatic carbocycles. The maximum atomic E-state index is 9.81. The molecule has 0 aromatic rings. The van der Waals surface area contributed by atoms with Gasteiger partial charge in [0.1, 0.15) is 0 Å². The zero-order chi connectivity index (χ0) is 6.08. The Morgan fingerprint density at radius 1 is 1.43 bits per heavy atom. The minimum atomic E-state index is -3.91. The predicted octanol–water partition coefficient (Wildman–Crippen LogP) is -1.14. The minimum Gasteiger partial charge on any atom is -0.193 e. The first-order valence-corrected chi connectivity index (χ1v) is 2.99. The van der Waals surface area contributed by atoms with Gasteiger partial charge in [0.25, 0.3) is 0 Å². The third-order valence-corrected chi connectivity index (χ3v) is 1.38. The quantitative estimate of drug-likeness (QED) is 0.441. The Labute approximate surface area is 43.1 Å². The van der Waals surface area contributed by atoms with Crippen LogP contribution >= 0.6 is 0 Å². The SMILES string of the molecule is CN(C)S([N])(=O)=O. The summed E-state index contributed by atoms with van der Waals surface area (Å²) in [6.45, 7) is 0. The van der Waals surface area contributed by atoms with Gasteiger partial charge >= 0.3 is 10.2 Å². The molecule has 7 heavy (non-hydrogen) atoms. The zero-order valence-corrected chi connectivity index (χ0v) is 4.94. The predicted molar refractivity (Wildman–Crippen MR) is 24.7 cm³/mol. The van der Waals surface area contributed by atoms with Crippen molar-refractivity contribution < 1.29 is 8.42 Å². The highest BCUT2D eigenvalue weighted by Crippen LogP contribution is 1.80. The number of nitrogens with zero attached hydrogens (tertiary/aromatic N) is 2. The third kappa shape index (κ3) is 2.55. The van der Waals surface area contributed by atoms with Gasteiger partial charge in [0, 0.05) is 19.2 Å². The van der Waals surface area contributed by atoms with Gasteiger partial charge in [-0.1, -0.05) is 0 Å². The zero-order valence-electron chi connectivity index (χ0n) is 4.12. The van der Waals surface area contributed by atoms with Gasteiger partial charge in [-0.25, -0.2) is 0 Å². The van der Waals surface area contributed by atoms with E-state index >= 15 is 0 Å². The molecule has 0 rings (SSSR count). The number of hydrogen-bond acceptors (Lipinski definition) is 2. The lowest BCUT2D eigenvalue weighted by molar-refractivity contribution is 0.520. The summed E-state index contributed by atoms with van der Waals surface area (Å²) in [6, 6.07) is 0. The van der Waals surface area contributed by atoms with Crippen LogP contribution in [0.3, 0.4) is 0 Å². The molecule has 2 radical (unpaired) electrons. The molecular formula is C2H6N2O2S. The summed E-state index contributed by atoms with van der Waals surface area (Å²) in [7, 11) is -1.42. The van der Waals surface area contributed by atoms with Gasteiger partial charge in [0.2, 0.25) is 0 Å². The van der Waals surface area contributed by atoms with Crippen LogP contribution in [0.25, 0.3) is 0 Å². The van der Waals surface area contributed by atoms with E-state index in [1.807, 2.05) is 0 Å². The molecule has 42 valence electrons. The summed E-state index contributed by atoms with van der Waals surface area (Å²) < 4.78 is 20.3. The van der Waals surface area contributed by atoms with Gasteiger partial charge in [-0.2, -0.15) is 12.7 Å². The second-order valence-corrected chi connectivity index (χ2v) is 2.89. The molecule has 4 nitrogen and oxygen atoms in total. The van der Waals surface area contributed by atoms with E-state index in [-0.39, 0.29) is 0 Å². The van der Waals surface area contributed by atoms with Crippen molar-refractivity contribution in [1.82, 2.24) is 9.44 Å². The Morgan fingerprint density at radius 3 is 1.57 bits per heavy atom. The first kappa shape index (κ1) is 6.87. The van der Waals surface area contributed by atoms with Crippen LogP contribution in [0.15, 0.2) is 0 Å². The minimum absolute atomic E-state index is 0.715. The molecule has 0 aliphatic heterocycles. The Morgan fingerprint density at radius 2 is 1.57 bits per heavy atom. The molecule has 0 spiro atoms. The van der Waals surface area contributed by atoms with E-state index in [9.17, 15) is 8.42 Å². The van der Waals surface area contributed by atoms with Gasteiger partial charge < -0.3 is 0 Å². The van der Waals surface area contributed by atoms with Gasteiger partial charge in [-0.05, 0) is 0 Å². The van der Waals surface area contributed by atoms with Crippen molar-refractivity contribution in [3.05, 3.63) is 0 Å². The van der Waals surface area contributed by atoms with E-state index in [0.29, 0.717) is 4.31 Å². The van der Waals surface area contributed by atoms with E-state index in [4.69, 9.17) is 5.14 Å². The van der Waals surface area contributed by atoms with Crippen molar-refractivity contribution in [2.24, 2.45) is 0 Å². The van der Waals surface area contributed by atoms with Crippen LogP contribution in [-0.2, 0) is 10.2 Å². The monoisotopic (exact) mass is 122 g/mol. The van der Waals surface area contributed by atoms with Crippen LogP contribution < -0.4 is 5.14 Å². The van der Waals surface area contributed by atoms with Gasteiger partial charge in [0.15, 0.2) is 0 Å². The van der Waals surface area contributed by atoms with Crippen molar-refractivity contribution in [3.63, 3.8) is 0 Å². The molecule has 0 amide bonds. The van der Waals surface area contributed by atoms with E-state index in [1.165, 1.54) is 14.1 Å². The summed E-state index contributed by atoms with van der Waals surface area (Å²) in [5.74, 6) is 0. The fourth-order valence-corrected chi connectivity index (χ4v) is 0. The van der Waals surface area contributed by atoms with Crippen molar-refractivity contribution in [2.45, 2.75) is 0 Å². The van der Waals surface area contributed by atoms with Crippen molar-refractivity contribution in [3.8, 4) is 0 Å². The van der Waals surface area contributed by atoms with Gasteiger partial charge in [-0.15, -0.1) is 0 Å². The molecule has 0 saturated heterocycles. The van der Waals surface area contributed by atoms with Crippen molar-refractivity contribution in [2.75, 3.05) is 14.1 Å². The summed E-state index contributed by atoms with van der Waals surface area (Å²) >= 11 is 0. The highest BCUT2D eigenvalue weighted by Gasteiger charge is 2.05. The Hall–Kier alpha value is -0.130. The van der Waals surface area contributed by atoms with E-state index in [0.717, 1.165) is 0 Å². The number of rotatable bonds is 1. The third-order valence-electron chi connectivity index (χ3n) is 0.461. The molecule has 0 bridgehead atoms.